The molecule has 0 aliphatic heterocycles. The van der Waals surface area contributed by atoms with Crippen LogP contribution in [0.2, 0.25) is 0 Å². The van der Waals surface area contributed by atoms with Crippen molar-refractivity contribution in [1.29, 1.82) is 0 Å². The van der Waals surface area contributed by atoms with Crippen LogP contribution in [0.1, 0.15) is 0 Å². The van der Waals surface area contributed by atoms with Crippen LogP contribution in [0.25, 0.3) is 32.1 Å². The van der Waals surface area contributed by atoms with Gasteiger partial charge in [0.2, 0.25) is 0 Å². The molecule has 0 unspecified atom stereocenters. The second kappa shape index (κ2) is 4.68. The minimum Gasteiger partial charge on any atom is -0.507 e. The van der Waals surface area contributed by atoms with Crippen LogP contribution >= 0.6 is 11.3 Å². The fourth-order valence-electron chi connectivity index (χ4n) is 2.77. The quantitative estimate of drug-likeness (QED) is 0.552. The highest BCUT2D eigenvalue weighted by Gasteiger charge is 2.15. The van der Waals surface area contributed by atoms with E-state index in [4.69, 9.17) is 0 Å². The fourth-order valence-corrected chi connectivity index (χ4v) is 3.57. The molecule has 0 atom stereocenters. The Labute approximate surface area is 128 Å². The third-order valence-electron chi connectivity index (χ3n) is 3.69. The minimum absolute atomic E-state index is 0.0534. The molecule has 2 N–H and O–H groups in total. The molecule has 2 aromatic carbocycles. The molecule has 0 amide bonds. The monoisotopic (exact) mass is 311 g/mol. The van der Waals surface area contributed by atoms with E-state index in [1.807, 2.05) is 11.4 Å². The van der Waals surface area contributed by atoms with Crippen LogP contribution in [0.15, 0.2) is 52.6 Å². The van der Waals surface area contributed by atoms with Crippen molar-refractivity contribution in [3.8, 4) is 16.9 Å². The molecule has 22 heavy (non-hydrogen) atoms. The van der Waals surface area contributed by atoms with Crippen LogP contribution in [0.5, 0.6) is 5.75 Å². The molecule has 0 aliphatic carbocycles. The standard InChI is InChI=1S/C17H10FNO2S/c18-10-3-1-2-9(8-10)14-13(20)5-4-12-15(14)11-6-7-22-16(11)17(21)19-12/h1-8,20H,(H,19,21). The van der Waals surface area contributed by atoms with Gasteiger partial charge in [0.05, 0.1) is 0 Å². The molecule has 0 bridgehead atoms. The summed E-state index contributed by atoms with van der Waals surface area (Å²) in [7, 11) is 0. The van der Waals surface area contributed by atoms with Crippen LogP contribution in [0.4, 0.5) is 4.39 Å². The number of phenols is 1. The number of fused-ring (bicyclic) bond motifs is 3. The highest BCUT2D eigenvalue weighted by atomic mass is 32.1. The Morgan fingerprint density at radius 3 is 2.82 bits per heavy atom. The Bertz CT molecular complexity index is 1080. The molecule has 4 rings (SSSR count). The SMILES string of the molecule is O=c1[nH]c2ccc(O)c(-c3cccc(F)c3)c2c2ccsc12. The Hall–Kier alpha value is -2.66. The van der Waals surface area contributed by atoms with Crippen molar-refractivity contribution < 1.29 is 9.50 Å². The van der Waals surface area contributed by atoms with Gasteiger partial charge in [-0.15, -0.1) is 11.3 Å². The van der Waals surface area contributed by atoms with Gasteiger partial charge < -0.3 is 10.1 Å². The zero-order valence-corrected chi connectivity index (χ0v) is 12.1. The molecule has 2 heterocycles. The summed E-state index contributed by atoms with van der Waals surface area (Å²) < 4.78 is 14.2. The van der Waals surface area contributed by atoms with E-state index in [9.17, 15) is 14.3 Å². The van der Waals surface area contributed by atoms with Gasteiger partial charge in [-0.05, 0) is 41.3 Å². The first-order chi connectivity index (χ1) is 10.6. The van der Waals surface area contributed by atoms with Gasteiger partial charge in [-0.1, -0.05) is 12.1 Å². The average molecular weight is 311 g/mol. The summed E-state index contributed by atoms with van der Waals surface area (Å²) in [6.07, 6.45) is 0. The summed E-state index contributed by atoms with van der Waals surface area (Å²) in [6, 6.07) is 11.1. The highest BCUT2D eigenvalue weighted by Crippen LogP contribution is 2.39. The molecular weight excluding hydrogens is 301 g/mol. The first-order valence-electron chi connectivity index (χ1n) is 6.66. The van der Waals surface area contributed by atoms with Gasteiger partial charge in [0.1, 0.15) is 16.3 Å². The molecule has 0 radical (unpaired) electrons. The first-order valence-corrected chi connectivity index (χ1v) is 7.54. The summed E-state index contributed by atoms with van der Waals surface area (Å²) >= 11 is 1.34. The number of aromatic hydroxyl groups is 1. The number of pyridine rings is 1. The molecule has 3 nitrogen and oxygen atoms in total. The maximum absolute atomic E-state index is 13.6. The number of hydrogen-bond acceptors (Lipinski definition) is 3. The number of H-pyrrole nitrogens is 1. The molecule has 0 spiro atoms. The number of rotatable bonds is 1. The van der Waals surface area contributed by atoms with Crippen LogP contribution in [-0.4, -0.2) is 10.1 Å². The number of benzene rings is 2. The summed E-state index contributed by atoms with van der Waals surface area (Å²) in [5, 5.41) is 13.6. The van der Waals surface area contributed by atoms with Crippen LogP contribution in [0, 0.1) is 5.82 Å². The molecule has 2 aromatic heterocycles. The molecule has 5 heteroatoms. The van der Waals surface area contributed by atoms with E-state index in [1.54, 1.807) is 18.2 Å². The van der Waals surface area contributed by atoms with Crippen molar-refractivity contribution in [2.75, 3.05) is 0 Å². The van der Waals surface area contributed by atoms with Crippen molar-refractivity contribution >= 4 is 32.3 Å². The Morgan fingerprint density at radius 2 is 2.00 bits per heavy atom. The van der Waals surface area contributed by atoms with Gasteiger partial charge in [0.15, 0.2) is 0 Å². The zero-order chi connectivity index (χ0) is 15.3. The lowest BCUT2D eigenvalue weighted by molar-refractivity contribution is 0.478. The molecule has 0 fully saturated rings. The lowest BCUT2D eigenvalue weighted by Crippen LogP contribution is -2.04. The van der Waals surface area contributed by atoms with Gasteiger partial charge >= 0.3 is 0 Å². The van der Waals surface area contributed by atoms with Crippen LogP contribution < -0.4 is 5.56 Å². The predicted molar refractivity (Wildman–Crippen MR) is 87.0 cm³/mol. The van der Waals surface area contributed by atoms with Crippen molar-refractivity contribution in [3.63, 3.8) is 0 Å². The molecule has 0 saturated carbocycles. The molecule has 0 aliphatic rings. The number of halogens is 1. The number of thiophene rings is 1. The molecule has 0 saturated heterocycles. The maximum Gasteiger partial charge on any atom is 0.266 e. The maximum atomic E-state index is 13.6. The normalized spacial score (nSPS) is 11.3. The average Bonchev–Trinajstić information content (AvgIpc) is 2.98. The third-order valence-corrected chi connectivity index (χ3v) is 4.60. The number of hydrogen-bond donors (Lipinski definition) is 2. The summed E-state index contributed by atoms with van der Waals surface area (Å²) in [5.74, 6) is -0.322. The van der Waals surface area contributed by atoms with Crippen molar-refractivity contribution in [2.24, 2.45) is 0 Å². The number of nitrogens with one attached hydrogen (secondary N) is 1. The highest BCUT2D eigenvalue weighted by molar-refractivity contribution is 7.17. The van der Waals surface area contributed by atoms with Crippen LogP contribution in [-0.2, 0) is 0 Å². The van der Waals surface area contributed by atoms with Gasteiger partial charge in [-0.25, -0.2) is 4.39 Å². The Morgan fingerprint density at radius 1 is 1.14 bits per heavy atom. The topological polar surface area (TPSA) is 53.1 Å². The number of aromatic amines is 1. The van der Waals surface area contributed by atoms with E-state index in [0.717, 1.165) is 10.8 Å². The number of phenolic OH excluding ortho intramolecular Hbond substituents is 1. The van der Waals surface area contributed by atoms with Crippen LogP contribution in [0.3, 0.4) is 0 Å². The van der Waals surface area contributed by atoms with E-state index >= 15 is 0 Å². The van der Waals surface area contributed by atoms with Gasteiger partial charge in [0, 0.05) is 21.9 Å². The lowest BCUT2D eigenvalue weighted by Gasteiger charge is -2.10. The van der Waals surface area contributed by atoms with Crippen molar-refractivity contribution in [3.05, 3.63) is 64.0 Å². The summed E-state index contributed by atoms with van der Waals surface area (Å²) in [4.78, 5) is 14.9. The van der Waals surface area contributed by atoms with Gasteiger partial charge in [-0.2, -0.15) is 0 Å². The lowest BCUT2D eigenvalue weighted by atomic mass is 9.97. The predicted octanol–water partition coefficient (Wildman–Crippen LogP) is 4.25. The third kappa shape index (κ3) is 1.83. The zero-order valence-electron chi connectivity index (χ0n) is 11.3. The summed E-state index contributed by atoms with van der Waals surface area (Å²) in [5.41, 5.74) is 1.56. The Balaban J connectivity index is 2.24. The fraction of sp³-hybridized carbons (Fsp3) is 0. The second-order valence-corrected chi connectivity index (χ2v) is 5.93. The van der Waals surface area contributed by atoms with Gasteiger partial charge in [-0.3, -0.25) is 4.79 Å². The Kier molecular flexibility index (Phi) is 2.77. The minimum atomic E-state index is -0.375. The first kappa shape index (κ1) is 13.0. The largest absolute Gasteiger partial charge is 0.507 e. The van der Waals surface area contributed by atoms with E-state index in [1.165, 1.54) is 29.5 Å². The number of aromatic nitrogens is 1. The van der Waals surface area contributed by atoms with E-state index in [0.29, 0.717) is 21.3 Å². The van der Waals surface area contributed by atoms with Crippen molar-refractivity contribution in [1.82, 2.24) is 4.98 Å². The van der Waals surface area contributed by atoms with E-state index < -0.39 is 0 Å². The molecule has 108 valence electrons. The molecular formula is C17H10FNO2S. The van der Waals surface area contributed by atoms with Crippen molar-refractivity contribution in [2.45, 2.75) is 0 Å². The second-order valence-electron chi connectivity index (χ2n) is 5.01. The van der Waals surface area contributed by atoms with E-state index in [-0.39, 0.29) is 17.1 Å². The summed E-state index contributed by atoms with van der Waals surface area (Å²) in [6.45, 7) is 0. The molecule has 4 aromatic rings. The smallest absolute Gasteiger partial charge is 0.266 e. The van der Waals surface area contributed by atoms with E-state index in [2.05, 4.69) is 4.98 Å². The van der Waals surface area contributed by atoms with Gasteiger partial charge in [0.25, 0.3) is 5.56 Å².